The molecule has 31 heavy (non-hydrogen) atoms. The highest BCUT2D eigenvalue weighted by Gasteiger charge is 2.47. The standard InChI is InChI=1S/C21H24F3N3O3S/c1-13-3-6-16(18(7-13)21(22,23)24)19(28)8-17(14-4-5-14)15-9-27(10-15)31(29,30)20-11-26(2)12-25-20/h3,6-7,11-12,14-15,17H,4-5,8-10H2,1-2H3. The number of imidazole rings is 1. The Labute approximate surface area is 179 Å². The number of carbonyl (C=O) groups excluding carboxylic acids is 1. The third kappa shape index (κ3) is 4.41. The summed E-state index contributed by atoms with van der Waals surface area (Å²) in [6.07, 6.45) is 0.0776. The molecule has 0 N–H and O–H groups in total. The number of carbonyl (C=O) groups is 1. The molecule has 0 bridgehead atoms. The number of halogens is 3. The number of benzene rings is 1. The first-order valence-electron chi connectivity index (χ1n) is 10.2. The molecule has 2 aliphatic rings. The minimum absolute atomic E-state index is 0.00104. The molecule has 0 amide bonds. The first kappa shape index (κ1) is 22.0. The molecule has 1 atom stereocenters. The van der Waals surface area contributed by atoms with Gasteiger partial charge in [-0.1, -0.05) is 17.7 Å². The number of rotatable bonds is 7. The number of hydrogen-bond acceptors (Lipinski definition) is 4. The molecule has 2 heterocycles. The Hall–Kier alpha value is -2.20. The van der Waals surface area contributed by atoms with Crippen LogP contribution in [0.4, 0.5) is 13.2 Å². The van der Waals surface area contributed by atoms with Crippen LogP contribution in [0.3, 0.4) is 0 Å². The summed E-state index contributed by atoms with van der Waals surface area (Å²) in [6, 6.07) is 3.77. The van der Waals surface area contributed by atoms with Gasteiger partial charge in [0.1, 0.15) is 0 Å². The maximum Gasteiger partial charge on any atom is 0.417 e. The summed E-state index contributed by atoms with van der Waals surface area (Å²) >= 11 is 0. The van der Waals surface area contributed by atoms with Crippen LogP contribution in [0.5, 0.6) is 0 Å². The SMILES string of the molecule is Cc1ccc(C(=O)CC(C2CC2)C2CN(S(=O)(=O)c3cn(C)cn3)C2)c(C(F)(F)F)c1. The van der Waals surface area contributed by atoms with Gasteiger partial charge in [-0.05, 0) is 43.6 Å². The normalized spacial score (nSPS) is 19.3. The molecule has 1 aliphatic heterocycles. The smallest absolute Gasteiger partial charge is 0.339 e. The topological polar surface area (TPSA) is 72.3 Å². The van der Waals surface area contributed by atoms with E-state index in [1.54, 1.807) is 18.5 Å². The van der Waals surface area contributed by atoms with E-state index in [9.17, 15) is 26.4 Å². The fraction of sp³-hybridized carbons (Fsp3) is 0.524. The summed E-state index contributed by atoms with van der Waals surface area (Å²) < 4.78 is 68.6. The molecule has 6 nitrogen and oxygen atoms in total. The van der Waals surface area contributed by atoms with Crippen molar-refractivity contribution < 1.29 is 26.4 Å². The molecule has 0 spiro atoms. The Balaban J connectivity index is 1.48. The van der Waals surface area contributed by atoms with Gasteiger partial charge in [0, 0.05) is 38.3 Å². The van der Waals surface area contributed by atoms with Crippen LogP contribution in [0, 0.1) is 24.7 Å². The van der Waals surface area contributed by atoms with Gasteiger partial charge in [0.25, 0.3) is 10.0 Å². The highest BCUT2D eigenvalue weighted by atomic mass is 32.2. The molecule has 1 aromatic heterocycles. The molecule has 0 radical (unpaired) electrons. The first-order valence-corrected chi connectivity index (χ1v) is 11.6. The third-order valence-corrected chi connectivity index (χ3v) is 7.91. The Morgan fingerprint density at radius 3 is 2.45 bits per heavy atom. The number of alkyl halides is 3. The summed E-state index contributed by atoms with van der Waals surface area (Å²) in [7, 11) is -2.02. The average Bonchev–Trinajstić information content (AvgIpc) is 3.38. The van der Waals surface area contributed by atoms with Crippen LogP contribution >= 0.6 is 0 Å². The van der Waals surface area contributed by atoms with Crippen molar-refractivity contribution in [2.45, 2.75) is 37.4 Å². The molecule has 10 heteroatoms. The quantitative estimate of drug-likeness (QED) is 0.598. The highest BCUT2D eigenvalue weighted by molar-refractivity contribution is 7.89. The Kier molecular flexibility index (Phi) is 5.49. The number of sulfonamides is 1. The van der Waals surface area contributed by atoms with Crippen LogP contribution in [-0.4, -0.2) is 41.1 Å². The predicted octanol–water partition coefficient (Wildman–Crippen LogP) is 3.67. The molecule has 1 aromatic carbocycles. The van der Waals surface area contributed by atoms with Crippen LogP contribution in [-0.2, 0) is 23.2 Å². The number of ketones is 1. The number of aryl methyl sites for hydroxylation is 2. The van der Waals surface area contributed by atoms with Crippen molar-refractivity contribution in [1.82, 2.24) is 13.9 Å². The lowest BCUT2D eigenvalue weighted by Gasteiger charge is -2.42. The molecule has 2 aromatic rings. The van der Waals surface area contributed by atoms with Crippen molar-refractivity contribution in [3.8, 4) is 0 Å². The summed E-state index contributed by atoms with van der Waals surface area (Å²) in [5.74, 6) is -0.441. The lowest BCUT2D eigenvalue weighted by atomic mass is 9.79. The lowest BCUT2D eigenvalue weighted by molar-refractivity contribution is -0.138. The Bertz CT molecular complexity index is 1100. The number of hydrogen-bond donors (Lipinski definition) is 0. The number of Topliss-reactive ketones (excluding diaryl/α,β-unsaturated/α-hetero) is 1. The van der Waals surface area contributed by atoms with Crippen molar-refractivity contribution >= 4 is 15.8 Å². The fourth-order valence-corrected chi connectivity index (χ4v) is 5.81. The molecular formula is C21H24F3N3O3S. The second-order valence-corrected chi connectivity index (χ2v) is 10.5. The van der Waals surface area contributed by atoms with Crippen LogP contribution in [0.1, 0.15) is 40.7 Å². The number of aromatic nitrogens is 2. The summed E-state index contributed by atoms with van der Waals surface area (Å²) in [6.45, 7) is 2.07. The molecule has 1 saturated carbocycles. The summed E-state index contributed by atoms with van der Waals surface area (Å²) in [4.78, 5) is 16.8. The average molecular weight is 456 g/mol. The van der Waals surface area contributed by atoms with Crippen LogP contribution in [0.25, 0.3) is 0 Å². The Morgan fingerprint density at radius 2 is 1.90 bits per heavy atom. The van der Waals surface area contributed by atoms with E-state index in [0.29, 0.717) is 5.56 Å². The van der Waals surface area contributed by atoms with Crippen molar-refractivity contribution in [3.05, 3.63) is 47.4 Å². The molecule has 1 saturated heterocycles. The second-order valence-electron chi connectivity index (χ2n) is 8.63. The van der Waals surface area contributed by atoms with Gasteiger partial charge >= 0.3 is 6.18 Å². The van der Waals surface area contributed by atoms with Gasteiger partial charge in [-0.15, -0.1) is 0 Å². The maximum atomic E-state index is 13.4. The van der Waals surface area contributed by atoms with Gasteiger partial charge in [0.2, 0.25) is 0 Å². The van der Waals surface area contributed by atoms with Crippen molar-refractivity contribution in [1.29, 1.82) is 0 Å². The van der Waals surface area contributed by atoms with E-state index in [1.807, 2.05) is 0 Å². The minimum atomic E-state index is -4.60. The van der Waals surface area contributed by atoms with E-state index < -0.39 is 27.5 Å². The Morgan fingerprint density at radius 1 is 1.23 bits per heavy atom. The highest BCUT2D eigenvalue weighted by Crippen LogP contribution is 2.46. The van der Waals surface area contributed by atoms with E-state index in [2.05, 4.69) is 4.98 Å². The monoisotopic (exact) mass is 455 g/mol. The fourth-order valence-electron chi connectivity index (χ4n) is 4.29. The first-order chi connectivity index (χ1) is 14.5. The summed E-state index contributed by atoms with van der Waals surface area (Å²) in [5.41, 5.74) is -0.766. The van der Waals surface area contributed by atoms with Crippen LogP contribution in [0.2, 0.25) is 0 Å². The molecule has 1 unspecified atom stereocenters. The minimum Gasteiger partial charge on any atom is -0.339 e. The molecule has 168 valence electrons. The van der Waals surface area contributed by atoms with Gasteiger partial charge in [-0.3, -0.25) is 4.79 Å². The van der Waals surface area contributed by atoms with Crippen LogP contribution < -0.4 is 0 Å². The van der Waals surface area contributed by atoms with Gasteiger partial charge in [-0.25, -0.2) is 13.4 Å². The van der Waals surface area contributed by atoms with Crippen molar-refractivity contribution in [2.75, 3.05) is 13.1 Å². The molecule has 4 rings (SSSR count). The lowest BCUT2D eigenvalue weighted by Crippen LogP contribution is -2.53. The van der Waals surface area contributed by atoms with Gasteiger partial charge in [-0.2, -0.15) is 17.5 Å². The largest absolute Gasteiger partial charge is 0.417 e. The van der Waals surface area contributed by atoms with E-state index in [0.717, 1.165) is 18.9 Å². The van der Waals surface area contributed by atoms with Crippen molar-refractivity contribution in [2.24, 2.45) is 24.8 Å². The molecule has 1 aliphatic carbocycles. The molecule has 2 fully saturated rings. The third-order valence-electron chi connectivity index (χ3n) is 6.20. The van der Waals surface area contributed by atoms with Gasteiger partial charge in [0.05, 0.1) is 11.9 Å². The van der Waals surface area contributed by atoms with Gasteiger partial charge < -0.3 is 4.57 Å². The summed E-state index contributed by atoms with van der Waals surface area (Å²) in [5, 5.41) is -0.0260. The predicted molar refractivity (Wildman–Crippen MR) is 107 cm³/mol. The van der Waals surface area contributed by atoms with E-state index in [-0.39, 0.29) is 47.9 Å². The van der Waals surface area contributed by atoms with E-state index in [4.69, 9.17) is 0 Å². The van der Waals surface area contributed by atoms with E-state index in [1.165, 1.54) is 29.0 Å². The second kappa shape index (κ2) is 7.74. The van der Waals surface area contributed by atoms with Gasteiger partial charge in [0.15, 0.2) is 10.8 Å². The number of nitrogens with zero attached hydrogens (tertiary/aromatic N) is 3. The molecular weight excluding hydrogens is 431 g/mol. The zero-order chi connectivity index (χ0) is 22.6. The zero-order valence-corrected chi connectivity index (χ0v) is 18.1. The van der Waals surface area contributed by atoms with E-state index >= 15 is 0 Å². The van der Waals surface area contributed by atoms with Crippen molar-refractivity contribution in [3.63, 3.8) is 0 Å². The zero-order valence-electron chi connectivity index (χ0n) is 17.3. The maximum absolute atomic E-state index is 13.4. The van der Waals surface area contributed by atoms with Crippen LogP contribution in [0.15, 0.2) is 35.7 Å².